The van der Waals surface area contributed by atoms with E-state index in [0.717, 1.165) is 19.3 Å². The molecule has 0 aromatic heterocycles. The fraction of sp³-hybridized carbons (Fsp3) is 0.833. The third-order valence-corrected chi connectivity index (χ3v) is 2.97. The molecule has 4 heteroatoms. The summed E-state index contributed by atoms with van der Waals surface area (Å²) in [5.41, 5.74) is 0. The lowest BCUT2D eigenvalue weighted by Crippen LogP contribution is -2.37. The molecular weight excluding hydrogens is 204 g/mol. The van der Waals surface area contributed by atoms with Crippen LogP contribution in [0.15, 0.2) is 0 Å². The normalized spacial score (nSPS) is 16.1. The number of rotatable bonds is 6. The van der Waals surface area contributed by atoms with Gasteiger partial charge in [0, 0.05) is 13.0 Å². The molecule has 0 radical (unpaired) electrons. The van der Waals surface area contributed by atoms with Crippen molar-refractivity contribution in [3.63, 3.8) is 0 Å². The van der Waals surface area contributed by atoms with Gasteiger partial charge in [0.25, 0.3) is 0 Å². The summed E-state index contributed by atoms with van der Waals surface area (Å²) in [6, 6.07) is 0. The molecule has 0 saturated heterocycles. The monoisotopic (exact) mass is 226 g/mol. The van der Waals surface area contributed by atoms with E-state index in [1.807, 2.05) is 6.92 Å². The molecule has 2 N–H and O–H groups in total. The highest BCUT2D eigenvalue weighted by molar-refractivity contribution is 5.84. The average molecular weight is 226 g/mol. The van der Waals surface area contributed by atoms with Crippen LogP contribution in [-0.4, -0.2) is 24.9 Å². The molecule has 1 rings (SSSR count). The van der Waals surface area contributed by atoms with Crippen molar-refractivity contribution in [3.8, 4) is 0 Å². The van der Waals surface area contributed by atoms with E-state index in [9.17, 15) is 9.59 Å². The molecule has 1 aliphatic rings. The molecule has 0 heterocycles. The Bertz CT molecular complexity index is 235. The maximum Gasteiger partial charge on any atom is 0.239 e. The molecule has 0 aromatic rings. The lowest BCUT2D eigenvalue weighted by atomic mass is 10.0. The second-order valence-corrected chi connectivity index (χ2v) is 4.48. The predicted molar refractivity (Wildman–Crippen MR) is 62.9 cm³/mol. The van der Waals surface area contributed by atoms with Gasteiger partial charge in [0.2, 0.25) is 11.8 Å². The van der Waals surface area contributed by atoms with Gasteiger partial charge in [-0.3, -0.25) is 9.59 Å². The Balaban J connectivity index is 2.07. The SMILES string of the molecule is CCCNC(=O)CNC(=O)CC1CCCC1. The number of amides is 2. The lowest BCUT2D eigenvalue weighted by Gasteiger charge is -2.09. The first kappa shape index (κ1) is 13.0. The summed E-state index contributed by atoms with van der Waals surface area (Å²) in [7, 11) is 0. The van der Waals surface area contributed by atoms with Crippen molar-refractivity contribution in [2.24, 2.45) is 5.92 Å². The van der Waals surface area contributed by atoms with Gasteiger partial charge in [-0.25, -0.2) is 0 Å². The van der Waals surface area contributed by atoms with Gasteiger partial charge in [-0.2, -0.15) is 0 Å². The minimum atomic E-state index is -0.0957. The Morgan fingerprint density at radius 3 is 2.44 bits per heavy atom. The first-order chi connectivity index (χ1) is 7.72. The third-order valence-electron chi connectivity index (χ3n) is 2.97. The van der Waals surface area contributed by atoms with E-state index in [2.05, 4.69) is 10.6 Å². The molecule has 2 amide bonds. The van der Waals surface area contributed by atoms with Crippen LogP contribution in [-0.2, 0) is 9.59 Å². The van der Waals surface area contributed by atoms with Crippen LogP contribution in [0.2, 0.25) is 0 Å². The van der Waals surface area contributed by atoms with Crippen molar-refractivity contribution in [2.75, 3.05) is 13.1 Å². The quantitative estimate of drug-likeness (QED) is 0.715. The van der Waals surface area contributed by atoms with Crippen molar-refractivity contribution < 1.29 is 9.59 Å². The lowest BCUT2D eigenvalue weighted by molar-refractivity contribution is -0.126. The molecular formula is C12H22N2O2. The Morgan fingerprint density at radius 1 is 1.12 bits per heavy atom. The van der Waals surface area contributed by atoms with E-state index >= 15 is 0 Å². The molecule has 1 fully saturated rings. The van der Waals surface area contributed by atoms with Crippen LogP contribution in [0.3, 0.4) is 0 Å². The highest BCUT2D eigenvalue weighted by Gasteiger charge is 2.18. The second-order valence-electron chi connectivity index (χ2n) is 4.48. The summed E-state index contributed by atoms with van der Waals surface area (Å²) in [5.74, 6) is 0.457. The van der Waals surface area contributed by atoms with Gasteiger partial charge in [-0.1, -0.05) is 19.8 Å². The minimum absolute atomic E-state index is 0.0125. The van der Waals surface area contributed by atoms with Crippen LogP contribution in [0.5, 0.6) is 0 Å². The Kier molecular flexibility index (Phi) is 5.90. The Morgan fingerprint density at radius 2 is 1.81 bits per heavy atom. The highest BCUT2D eigenvalue weighted by Crippen LogP contribution is 2.27. The number of carbonyl (C=O) groups is 2. The number of hydrogen-bond donors (Lipinski definition) is 2. The van der Waals surface area contributed by atoms with Crippen LogP contribution in [0.4, 0.5) is 0 Å². The van der Waals surface area contributed by atoms with Crippen LogP contribution in [0.25, 0.3) is 0 Å². The fourth-order valence-electron chi connectivity index (χ4n) is 2.05. The fourth-order valence-corrected chi connectivity index (χ4v) is 2.05. The summed E-state index contributed by atoms with van der Waals surface area (Å²) in [4.78, 5) is 22.7. The maximum atomic E-state index is 11.5. The molecule has 1 aliphatic carbocycles. The van der Waals surface area contributed by atoms with Crippen LogP contribution in [0, 0.1) is 5.92 Å². The molecule has 0 bridgehead atoms. The zero-order valence-electron chi connectivity index (χ0n) is 10.1. The van der Waals surface area contributed by atoms with Crippen molar-refractivity contribution in [1.29, 1.82) is 0 Å². The summed E-state index contributed by atoms with van der Waals surface area (Å²) in [6.07, 6.45) is 6.32. The van der Waals surface area contributed by atoms with Gasteiger partial charge in [-0.15, -0.1) is 0 Å². The average Bonchev–Trinajstić information content (AvgIpc) is 2.76. The summed E-state index contributed by atoms with van der Waals surface area (Å²) in [5, 5.41) is 5.39. The smallest absolute Gasteiger partial charge is 0.239 e. The van der Waals surface area contributed by atoms with Gasteiger partial charge >= 0.3 is 0 Å². The van der Waals surface area contributed by atoms with E-state index in [4.69, 9.17) is 0 Å². The van der Waals surface area contributed by atoms with E-state index in [-0.39, 0.29) is 18.4 Å². The zero-order chi connectivity index (χ0) is 11.8. The molecule has 1 saturated carbocycles. The third kappa shape index (κ3) is 5.14. The Labute approximate surface area is 97.2 Å². The minimum Gasteiger partial charge on any atom is -0.355 e. The molecule has 0 unspecified atom stereocenters. The van der Waals surface area contributed by atoms with Crippen molar-refractivity contribution in [3.05, 3.63) is 0 Å². The molecule has 16 heavy (non-hydrogen) atoms. The second kappa shape index (κ2) is 7.25. The molecule has 0 spiro atoms. The first-order valence-corrected chi connectivity index (χ1v) is 6.25. The molecule has 92 valence electrons. The van der Waals surface area contributed by atoms with Gasteiger partial charge < -0.3 is 10.6 Å². The van der Waals surface area contributed by atoms with E-state index in [0.29, 0.717) is 18.9 Å². The van der Waals surface area contributed by atoms with E-state index in [1.165, 1.54) is 12.8 Å². The first-order valence-electron chi connectivity index (χ1n) is 6.25. The predicted octanol–water partition coefficient (Wildman–Crippen LogP) is 1.21. The molecule has 0 atom stereocenters. The van der Waals surface area contributed by atoms with Gasteiger partial charge in [0.05, 0.1) is 6.54 Å². The Hall–Kier alpha value is -1.06. The number of hydrogen-bond acceptors (Lipinski definition) is 2. The van der Waals surface area contributed by atoms with Crippen LogP contribution in [0.1, 0.15) is 45.4 Å². The standard InChI is InChI=1S/C12H22N2O2/c1-2-7-13-12(16)9-14-11(15)8-10-5-3-4-6-10/h10H,2-9H2,1H3,(H,13,16)(H,14,15). The van der Waals surface area contributed by atoms with Gasteiger partial charge in [-0.05, 0) is 25.2 Å². The van der Waals surface area contributed by atoms with E-state index < -0.39 is 0 Å². The topological polar surface area (TPSA) is 58.2 Å². The summed E-state index contributed by atoms with van der Waals surface area (Å²) >= 11 is 0. The van der Waals surface area contributed by atoms with E-state index in [1.54, 1.807) is 0 Å². The summed E-state index contributed by atoms with van der Waals surface area (Å²) in [6.45, 7) is 2.79. The molecule has 0 aromatic carbocycles. The van der Waals surface area contributed by atoms with Crippen LogP contribution < -0.4 is 10.6 Å². The van der Waals surface area contributed by atoms with Crippen LogP contribution >= 0.6 is 0 Å². The number of nitrogens with one attached hydrogen (secondary N) is 2. The molecule has 4 nitrogen and oxygen atoms in total. The maximum absolute atomic E-state index is 11.5. The van der Waals surface area contributed by atoms with Crippen molar-refractivity contribution >= 4 is 11.8 Å². The molecule has 0 aliphatic heterocycles. The zero-order valence-corrected chi connectivity index (χ0v) is 10.1. The largest absolute Gasteiger partial charge is 0.355 e. The number of carbonyl (C=O) groups excluding carboxylic acids is 2. The van der Waals surface area contributed by atoms with Crippen molar-refractivity contribution in [2.45, 2.75) is 45.4 Å². The van der Waals surface area contributed by atoms with Crippen molar-refractivity contribution in [1.82, 2.24) is 10.6 Å². The van der Waals surface area contributed by atoms with Gasteiger partial charge in [0.15, 0.2) is 0 Å². The van der Waals surface area contributed by atoms with Gasteiger partial charge in [0.1, 0.15) is 0 Å². The highest BCUT2D eigenvalue weighted by atomic mass is 16.2. The summed E-state index contributed by atoms with van der Waals surface area (Å²) < 4.78 is 0.